The van der Waals surface area contributed by atoms with E-state index < -0.39 is 11.6 Å². The van der Waals surface area contributed by atoms with Gasteiger partial charge in [0.1, 0.15) is 11.6 Å². The fourth-order valence-corrected chi connectivity index (χ4v) is 4.11. The average molecular weight is 456 g/mol. The van der Waals surface area contributed by atoms with E-state index in [0.29, 0.717) is 0 Å². The monoisotopic (exact) mass is 453 g/mol. The maximum Gasteiger partial charge on any atom is 0.128 e. The first-order valence-electron chi connectivity index (χ1n) is 5.29. The lowest BCUT2D eigenvalue weighted by Gasteiger charge is -2.12. The Balaban J connectivity index is 2.21. The molecule has 0 fully saturated rings. The Hall–Kier alpha value is -0.460. The van der Waals surface area contributed by atoms with Crippen molar-refractivity contribution < 1.29 is 8.78 Å². The minimum atomic E-state index is -0.452. The molecule has 0 aromatic heterocycles. The number of hydrogen-bond acceptors (Lipinski definition) is 1. The van der Waals surface area contributed by atoms with E-state index in [1.165, 1.54) is 6.07 Å². The minimum Gasteiger partial charge on any atom is -0.379 e. The standard InChI is InChI=1S/C13H8Br3F2N/c14-8-4-10(15)13(11(16)5-8)19-6-7-3-9(17)1-2-12(7)18/h1-5,19H,6H2. The predicted octanol–water partition coefficient (Wildman–Crippen LogP) is 5.86. The fraction of sp³-hybridized carbons (Fsp3) is 0.0769. The topological polar surface area (TPSA) is 12.0 Å². The molecule has 0 aliphatic carbocycles. The van der Waals surface area contributed by atoms with Crippen LogP contribution >= 0.6 is 47.8 Å². The molecular formula is C13H8Br3F2N. The summed E-state index contributed by atoms with van der Waals surface area (Å²) in [5.74, 6) is -0.884. The van der Waals surface area contributed by atoms with Crippen LogP contribution < -0.4 is 5.32 Å². The van der Waals surface area contributed by atoms with Crippen LogP contribution in [-0.4, -0.2) is 0 Å². The van der Waals surface area contributed by atoms with Crippen LogP contribution in [0.3, 0.4) is 0 Å². The Morgan fingerprint density at radius 3 is 2.21 bits per heavy atom. The molecule has 0 saturated carbocycles. The largest absolute Gasteiger partial charge is 0.379 e. The van der Waals surface area contributed by atoms with Gasteiger partial charge in [0, 0.05) is 25.5 Å². The molecule has 19 heavy (non-hydrogen) atoms. The summed E-state index contributed by atoms with van der Waals surface area (Å²) in [6.07, 6.45) is 0. The molecule has 0 saturated heterocycles. The summed E-state index contributed by atoms with van der Waals surface area (Å²) < 4.78 is 29.1. The first-order valence-corrected chi connectivity index (χ1v) is 7.67. The normalized spacial score (nSPS) is 10.6. The Bertz CT molecular complexity index is 594. The molecule has 0 spiro atoms. The van der Waals surface area contributed by atoms with Crippen LogP contribution in [0, 0.1) is 11.6 Å². The number of hydrogen-bond donors (Lipinski definition) is 1. The molecule has 0 aliphatic heterocycles. The number of halogens is 5. The number of anilines is 1. The van der Waals surface area contributed by atoms with Gasteiger partial charge in [0.05, 0.1) is 5.69 Å². The summed E-state index contributed by atoms with van der Waals surface area (Å²) in [7, 11) is 0. The lowest BCUT2D eigenvalue weighted by molar-refractivity contribution is 0.587. The third-order valence-electron chi connectivity index (χ3n) is 2.47. The van der Waals surface area contributed by atoms with E-state index >= 15 is 0 Å². The van der Waals surface area contributed by atoms with Gasteiger partial charge in [-0.1, -0.05) is 15.9 Å². The van der Waals surface area contributed by atoms with Crippen LogP contribution in [0.1, 0.15) is 5.56 Å². The number of rotatable bonds is 3. The molecular weight excluding hydrogens is 448 g/mol. The van der Waals surface area contributed by atoms with Crippen molar-refractivity contribution in [3.05, 3.63) is 60.9 Å². The zero-order valence-electron chi connectivity index (χ0n) is 9.48. The van der Waals surface area contributed by atoms with E-state index in [2.05, 4.69) is 53.1 Å². The summed E-state index contributed by atoms with van der Waals surface area (Å²) in [4.78, 5) is 0. The van der Waals surface area contributed by atoms with E-state index in [-0.39, 0.29) is 12.1 Å². The zero-order valence-corrected chi connectivity index (χ0v) is 14.2. The molecule has 0 bridgehead atoms. The van der Waals surface area contributed by atoms with Gasteiger partial charge < -0.3 is 5.32 Å². The summed E-state index contributed by atoms with van der Waals surface area (Å²) in [5.41, 5.74) is 1.06. The van der Waals surface area contributed by atoms with Gasteiger partial charge in [0.15, 0.2) is 0 Å². The molecule has 2 aromatic rings. The molecule has 0 radical (unpaired) electrons. The third-order valence-corrected chi connectivity index (χ3v) is 4.18. The maximum atomic E-state index is 13.5. The summed E-state index contributed by atoms with van der Waals surface area (Å²) >= 11 is 10.2. The molecule has 0 amide bonds. The third kappa shape index (κ3) is 3.77. The van der Waals surface area contributed by atoms with Crippen molar-refractivity contribution in [2.45, 2.75) is 6.54 Å². The molecule has 1 nitrogen and oxygen atoms in total. The minimum absolute atomic E-state index is 0.197. The summed E-state index contributed by atoms with van der Waals surface area (Å²) in [6.45, 7) is 0.197. The summed E-state index contributed by atoms with van der Waals surface area (Å²) in [5, 5.41) is 3.07. The average Bonchev–Trinajstić information content (AvgIpc) is 2.32. The van der Waals surface area contributed by atoms with E-state index in [1.807, 2.05) is 12.1 Å². The Morgan fingerprint density at radius 2 is 1.58 bits per heavy atom. The second kappa shape index (κ2) is 6.33. The highest BCUT2D eigenvalue weighted by atomic mass is 79.9. The lowest BCUT2D eigenvalue weighted by atomic mass is 10.2. The SMILES string of the molecule is Fc1ccc(F)c(CNc2c(Br)cc(Br)cc2Br)c1. The van der Waals surface area contributed by atoms with Crippen LogP contribution in [0.2, 0.25) is 0 Å². The highest BCUT2D eigenvalue weighted by Gasteiger charge is 2.09. The van der Waals surface area contributed by atoms with E-state index in [4.69, 9.17) is 0 Å². The van der Waals surface area contributed by atoms with Crippen molar-refractivity contribution in [2.24, 2.45) is 0 Å². The quantitative estimate of drug-likeness (QED) is 0.611. The van der Waals surface area contributed by atoms with Gasteiger partial charge in [-0.3, -0.25) is 0 Å². The van der Waals surface area contributed by atoms with Crippen LogP contribution in [0.5, 0.6) is 0 Å². The van der Waals surface area contributed by atoms with Gasteiger partial charge >= 0.3 is 0 Å². The summed E-state index contributed by atoms with van der Waals surface area (Å²) in [6, 6.07) is 7.15. The van der Waals surface area contributed by atoms with Gasteiger partial charge in [-0.2, -0.15) is 0 Å². The molecule has 2 rings (SSSR count). The van der Waals surface area contributed by atoms with Crippen molar-refractivity contribution in [1.29, 1.82) is 0 Å². The van der Waals surface area contributed by atoms with Crippen molar-refractivity contribution in [3.8, 4) is 0 Å². The van der Waals surface area contributed by atoms with Crippen molar-refractivity contribution in [2.75, 3.05) is 5.32 Å². The smallest absolute Gasteiger partial charge is 0.128 e. The second-order valence-electron chi connectivity index (χ2n) is 3.83. The van der Waals surface area contributed by atoms with Crippen LogP contribution in [0.15, 0.2) is 43.7 Å². The molecule has 100 valence electrons. The van der Waals surface area contributed by atoms with Gasteiger partial charge in [-0.25, -0.2) is 8.78 Å². The van der Waals surface area contributed by atoms with E-state index in [9.17, 15) is 8.78 Å². The molecule has 0 heterocycles. The highest BCUT2D eigenvalue weighted by Crippen LogP contribution is 2.34. The molecule has 0 unspecified atom stereocenters. The Labute approximate surface area is 134 Å². The van der Waals surface area contributed by atoms with Crippen molar-refractivity contribution in [1.82, 2.24) is 0 Å². The number of nitrogens with one attached hydrogen (secondary N) is 1. The van der Waals surface area contributed by atoms with Gasteiger partial charge in [0.2, 0.25) is 0 Å². The first kappa shape index (κ1) is 14.9. The molecule has 6 heteroatoms. The van der Waals surface area contributed by atoms with Crippen LogP contribution in [0.4, 0.5) is 14.5 Å². The van der Waals surface area contributed by atoms with Crippen molar-refractivity contribution in [3.63, 3.8) is 0 Å². The Morgan fingerprint density at radius 1 is 0.947 bits per heavy atom. The van der Waals surface area contributed by atoms with Gasteiger partial charge in [-0.15, -0.1) is 0 Å². The van der Waals surface area contributed by atoms with E-state index in [1.54, 1.807) is 0 Å². The number of benzene rings is 2. The molecule has 1 N–H and O–H groups in total. The maximum absolute atomic E-state index is 13.5. The fourth-order valence-electron chi connectivity index (χ4n) is 1.57. The second-order valence-corrected chi connectivity index (χ2v) is 6.46. The van der Waals surface area contributed by atoms with Gasteiger partial charge in [0.25, 0.3) is 0 Å². The predicted molar refractivity (Wildman–Crippen MR) is 83.2 cm³/mol. The van der Waals surface area contributed by atoms with Crippen molar-refractivity contribution >= 4 is 53.5 Å². The van der Waals surface area contributed by atoms with Crippen LogP contribution in [-0.2, 0) is 6.54 Å². The van der Waals surface area contributed by atoms with Crippen LogP contribution in [0.25, 0.3) is 0 Å². The molecule has 2 aromatic carbocycles. The molecule has 0 atom stereocenters. The molecule has 0 aliphatic rings. The first-order chi connectivity index (χ1) is 8.97. The highest BCUT2D eigenvalue weighted by molar-refractivity contribution is 9.11. The van der Waals surface area contributed by atoms with Gasteiger partial charge in [-0.05, 0) is 62.2 Å². The Kier molecular flexibility index (Phi) is 4.97. The lowest BCUT2D eigenvalue weighted by Crippen LogP contribution is -2.03. The zero-order chi connectivity index (χ0) is 14.0. The van der Waals surface area contributed by atoms with E-state index in [0.717, 1.165) is 31.2 Å².